The maximum Gasteiger partial charge on any atom is 0.192 e. The monoisotopic (exact) mass is 439 g/mol. The summed E-state index contributed by atoms with van der Waals surface area (Å²) in [5.41, 5.74) is 4.64. The second-order valence-corrected chi connectivity index (χ2v) is 8.44. The number of benzene rings is 2. The molecule has 0 aliphatic rings. The first kappa shape index (κ1) is 20.2. The molecule has 158 valence electrons. The number of aromatic amines is 1. The molecule has 0 unspecified atom stereocenters. The molecule has 7 heteroatoms. The predicted octanol–water partition coefficient (Wildman–Crippen LogP) is 5.15. The van der Waals surface area contributed by atoms with E-state index in [1.165, 1.54) is 11.8 Å². The van der Waals surface area contributed by atoms with Crippen molar-refractivity contribution in [3.05, 3.63) is 95.9 Å². The van der Waals surface area contributed by atoms with Crippen molar-refractivity contribution in [3.8, 4) is 11.4 Å². The number of aryl methyl sites for hydroxylation is 1. The lowest BCUT2D eigenvalue weighted by Gasteiger charge is -2.10. The Hall–Kier alpha value is -3.71. The van der Waals surface area contributed by atoms with Gasteiger partial charge in [-0.3, -0.25) is 14.3 Å². The van der Waals surface area contributed by atoms with Crippen molar-refractivity contribution in [3.63, 3.8) is 0 Å². The highest BCUT2D eigenvalue weighted by Gasteiger charge is 2.19. The van der Waals surface area contributed by atoms with E-state index >= 15 is 0 Å². The molecule has 1 N–H and O–H groups in total. The molecule has 0 aliphatic carbocycles. The first-order valence-electron chi connectivity index (χ1n) is 10.3. The summed E-state index contributed by atoms with van der Waals surface area (Å²) in [4.78, 5) is 20.7. The summed E-state index contributed by atoms with van der Waals surface area (Å²) in [7, 11) is 0. The summed E-state index contributed by atoms with van der Waals surface area (Å²) in [5.74, 6) is 1.09. The Morgan fingerprint density at radius 2 is 1.81 bits per heavy atom. The van der Waals surface area contributed by atoms with Gasteiger partial charge in [-0.15, -0.1) is 10.2 Å². The number of pyridine rings is 1. The first-order valence-corrected chi connectivity index (χ1v) is 11.3. The third-order valence-corrected chi connectivity index (χ3v) is 6.29. The number of hydrogen-bond donors (Lipinski definition) is 1. The summed E-state index contributed by atoms with van der Waals surface area (Å²) in [5, 5.41) is 10.5. The van der Waals surface area contributed by atoms with Crippen molar-refractivity contribution in [2.75, 3.05) is 5.75 Å². The van der Waals surface area contributed by atoms with Crippen LogP contribution in [0.2, 0.25) is 0 Å². The Labute approximate surface area is 189 Å². The van der Waals surface area contributed by atoms with Crippen molar-refractivity contribution < 1.29 is 4.79 Å². The van der Waals surface area contributed by atoms with Crippen molar-refractivity contribution in [2.45, 2.75) is 18.6 Å². The minimum atomic E-state index is 0.0714. The third kappa shape index (κ3) is 3.94. The Morgan fingerprint density at radius 3 is 2.62 bits per heavy atom. The van der Waals surface area contributed by atoms with Crippen LogP contribution in [0.3, 0.4) is 0 Å². The standard InChI is InChI=1S/C25H21N5OS/c1-17-23(20-11-5-6-12-21(20)27-17)22(31)16-32-25-29-28-24(19-10-7-13-26-14-19)30(25)15-18-8-3-2-4-9-18/h2-14,27H,15-16H2,1H3. The van der Waals surface area contributed by atoms with Gasteiger partial charge in [0.1, 0.15) is 0 Å². The molecule has 0 amide bonds. The fourth-order valence-electron chi connectivity index (χ4n) is 3.85. The fraction of sp³-hybridized carbons (Fsp3) is 0.120. The molecule has 0 atom stereocenters. The maximum atomic E-state index is 13.2. The summed E-state index contributed by atoms with van der Waals surface area (Å²) in [6, 6.07) is 21.9. The van der Waals surface area contributed by atoms with Crippen molar-refractivity contribution in [1.29, 1.82) is 0 Å². The van der Waals surface area contributed by atoms with Crippen LogP contribution in [-0.4, -0.2) is 36.3 Å². The number of thioether (sulfide) groups is 1. The second kappa shape index (κ2) is 8.80. The number of carbonyl (C=O) groups excluding carboxylic acids is 1. The molecule has 0 saturated heterocycles. The summed E-state index contributed by atoms with van der Waals surface area (Å²) < 4.78 is 2.05. The quantitative estimate of drug-likeness (QED) is 0.280. The van der Waals surface area contributed by atoms with Gasteiger partial charge in [-0.05, 0) is 30.7 Å². The van der Waals surface area contributed by atoms with Crippen molar-refractivity contribution >= 4 is 28.4 Å². The van der Waals surface area contributed by atoms with Gasteiger partial charge in [0.15, 0.2) is 16.8 Å². The lowest BCUT2D eigenvalue weighted by atomic mass is 10.1. The van der Waals surface area contributed by atoms with E-state index in [4.69, 9.17) is 0 Å². The minimum absolute atomic E-state index is 0.0714. The molecular weight excluding hydrogens is 418 g/mol. The average molecular weight is 440 g/mol. The van der Waals surface area contributed by atoms with Crippen LogP contribution in [0.4, 0.5) is 0 Å². The normalized spacial score (nSPS) is 11.2. The van der Waals surface area contributed by atoms with Gasteiger partial charge >= 0.3 is 0 Å². The topological polar surface area (TPSA) is 76.5 Å². The van der Waals surface area contributed by atoms with Crippen LogP contribution < -0.4 is 0 Å². The smallest absolute Gasteiger partial charge is 0.192 e. The van der Waals surface area contributed by atoms with E-state index in [2.05, 4.69) is 32.3 Å². The zero-order valence-corrected chi connectivity index (χ0v) is 18.3. The number of rotatable bonds is 7. The van der Waals surface area contributed by atoms with Gasteiger partial charge in [-0.2, -0.15) is 0 Å². The van der Waals surface area contributed by atoms with Gasteiger partial charge in [0.05, 0.1) is 12.3 Å². The molecule has 5 rings (SSSR count). The Morgan fingerprint density at radius 1 is 1.00 bits per heavy atom. The number of Topliss-reactive ketones (excluding diaryl/α,β-unsaturated/α-hetero) is 1. The van der Waals surface area contributed by atoms with Gasteiger partial charge in [-0.1, -0.05) is 60.3 Å². The van der Waals surface area contributed by atoms with Crippen LogP contribution in [0.15, 0.2) is 84.3 Å². The molecule has 0 spiro atoms. The van der Waals surface area contributed by atoms with E-state index in [0.29, 0.717) is 11.7 Å². The molecule has 0 fully saturated rings. The molecular formula is C25H21N5OS. The lowest BCUT2D eigenvalue weighted by Crippen LogP contribution is -2.07. The molecule has 32 heavy (non-hydrogen) atoms. The van der Waals surface area contributed by atoms with Crippen LogP contribution in [0.5, 0.6) is 0 Å². The maximum absolute atomic E-state index is 13.2. The summed E-state index contributed by atoms with van der Waals surface area (Å²) in [6.45, 7) is 2.55. The Kier molecular flexibility index (Phi) is 5.56. The van der Waals surface area contributed by atoms with Gasteiger partial charge in [0.2, 0.25) is 0 Å². The zero-order chi connectivity index (χ0) is 21.9. The lowest BCUT2D eigenvalue weighted by molar-refractivity contribution is 0.102. The van der Waals surface area contributed by atoms with Crippen LogP contribution >= 0.6 is 11.8 Å². The molecule has 0 bridgehead atoms. The molecule has 3 heterocycles. The number of para-hydroxylation sites is 1. The van der Waals surface area contributed by atoms with E-state index in [9.17, 15) is 4.79 Å². The molecule has 0 saturated carbocycles. The fourth-order valence-corrected chi connectivity index (χ4v) is 4.66. The minimum Gasteiger partial charge on any atom is -0.358 e. The highest BCUT2D eigenvalue weighted by molar-refractivity contribution is 7.99. The zero-order valence-electron chi connectivity index (χ0n) is 17.5. The third-order valence-electron chi connectivity index (χ3n) is 5.32. The number of carbonyl (C=O) groups is 1. The highest BCUT2D eigenvalue weighted by atomic mass is 32.2. The largest absolute Gasteiger partial charge is 0.358 e. The van der Waals surface area contributed by atoms with E-state index in [1.54, 1.807) is 12.4 Å². The Balaban J connectivity index is 1.45. The SMILES string of the molecule is Cc1[nH]c2ccccc2c1C(=O)CSc1nnc(-c2cccnc2)n1Cc1ccccc1. The van der Waals surface area contributed by atoms with E-state index in [0.717, 1.165) is 39.1 Å². The predicted molar refractivity (Wildman–Crippen MR) is 127 cm³/mol. The van der Waals surface area contributed by atoms with Crippen LogP contribution in [0, 0.1) is 6.92 Å². The molecule has 5 aromatic rings. The van der Waals surface area contributed by atoms with Crippen molar-refractivity contribution in [1.82, 2.24) is 24.7 Å². The number of fused-ring (bicyclic) bond motifs is 1. The van der Waals surface area contributed by atoms with E-state index < -0.39 is 0 Å². The van der Waals surface area contributed by atoms with Crippen LogP contribution in [-0.2, 0) is 6.54 Å². The van der Waals surface area contributed by atoms with Crippen LogP contribution in [0.25, 0.3) is 22.3 Å². The summed E-state index contributed by atoms with van der Waals surface area (Å²) >= 11 is 1.41. The van der Waals surface area contributed by atoms with E-state index in [-0.39, 0.29) is 11.5 Å². The van der Waals surface area contributed by atoms with E-state index in [1.807, 2.05) is 66.1 Å². The molecule has 0 radical (unpaired) electrons. The number of ketones is 1. The average Bonchev–Trinajstić information content (AvgIpc) is 3.38. The molecule has 3 aromatic heterocycles. The van der Waals surface area contributed by atoms with Crippen molar-refractivity contribution in [2.24, 2.45) is 0 Å². The molecule has 0 aliphatic heterocycles. The molecule has 6 nitrogen and oxygen atoms in total. The number of H-pyrrole nitrogens is 1. The number of aromatic nitrogens is 5. The van der Waals surface area contributed by atoms with Crippen LogP contribution in [0.1, 0.15) is 21.6 Å². The van der Waals surface area contributed by atoms with Gasteiger partial charge in [-0.25, -0.2) is 0 Å². The second-order valence-electron chi connectivity index (χ2n) is 7.50. The highest BCUT2D eigenvalue weighted by Crippen LogP contribution is 2.28. The Bertz CT molecular complexity index is 1380. The number of nitrogens with zero attached hydrogens (tertiary/aromatic N) is 4. The molecule has 2 aromatic carbocycles. The van der Waals surface area contributed by atoms with Gasteiger partial charge < -0.3 is 4.98 Å². The first-order chi connectivity index (χ1) is 15.7. The summed E-state index contributed by atoms with van der Waals surface area (Å²) in [6.07, 6.45) is 3.51. The van der Waals surface area contributed by atoms with Gasteiger partial charge in [0, 0.05) is 40.1 Å². The van der Waals surface area contributed by atoms with Gasteiger partial charge in [0.25, 0.3) is 0 Å². The number of nitrogens with one attached hydrogen (secondary N) is 1. The number of hydrogen-bond acceptors (Lipinski definition) is 5.